The molecule has 10 heteroatoms. The second-order valence-electron chi connectivity index (χ2n) is 5.08. The minimum Gasteiger partial charge on any atom is -0.476 e. The number of amides is 1. The highest BCUT2D eigenvalue weighted by Gasteiger charge is 2.17. The number of carboxylic acid groups (broad SMARTS) is 1. The van der Waals surface area contributed by atoms with Gasteiger partial charge in [0.1, 0.15) is 17.9 Å². The van der Waals surface area contributed by atoms with Gasteiger partial charge in [0.25, 0.3) is 0 Å². The molecule has 0 unspecified atom stereocenters. The average molecular weight is 330 g/mol. The van der Waals surface area contributed by atoms with E-state index in [4.69, 9.17) is 20.4 Å². The van der Waals surface area contributed by atoms with Gasteiger partial charge in [-0.1, -0.05) is 5.16 Å². The lowest BCUT2D eigenvalue weighted by atomic mass is 10.2. The lowest BCUT2D eigenvalue weighted by Crippen LogP contribution is -2.34. The number of aromatic nitrogens is 1. The van der Waals surface area contributed by atoms with Crippen LogP contribution in [0.1, 0.15) is 26.5 Å². The van der Waals surface area contributed by atoms with Gasteiger partial charge < -0.3 is 25.7 Å². The van der Waals surface area contributed by atoms with Gasteiger partial charge in [0.05, 0.1) is 6.54 Å². The van der Waals surface area contributed by atoms with Crippen LogP contribution in [0.3, 0.4) is 0 Å². The van der Waals surface area contributed by atoms with Crippen molar-refractivity contribution in [3.05, 3.63) is 11.1 Å². The molecule has 1 heterocycles. The normalized spacial score (nSPS) is 11.9. The topological polar surface area (TPSA) is 136 Å². The van der Waals surface area contributed by atoms with Crippen LogP contribution in [0.2, 0.25) is 0 Å². The largest absolute Gasteiger partial charge is 0.476 e. The lowest BCUT2D eigenvalue weighted by molar-refractivity contribution is -0.129. The summed E-state index contributed by atoms with van der Waals surface area (Å²) in [6.45, 7) is 5.32. The third-order valence-corrected chi connectivity index (χ3v) is 2.66. The standard InChI is InChI=1S/C12H18N4O5S/c1-12(2,3)21-11(19)14-4-5-20-16-8(9(17)18)7-6-22-10(13)15-7/h6H,4-5H2,1-3H3,(H2,13,15)(H,14,19)(H,17,18)/b16-8-. The van der Waals surface area contributed by atoms with Gasteiger partial charge in [0.15, 0.2) is 5.13 Å². The summed E-state index contributed by atoms with van der Waals surface area (Å²) in [7, 11) is 0. The Kier molecular flexibility index (Phi) is 6.11. The zero-order valence-electron chi connectivity index (χ0n) is 12.5. The van der Waals surface area contributed by atoms with E-state index >= 15 is 0 Å². The van der Waals surface area contributed by atoms with Crippen LogP contribution in [0.4, 0.5) is 9.93 Å². The third kappa shape index (κ3) is 6.39. The highest BCUT2D eigenvalue weighted by Crippen LogP contribution is 2.12. The molecule has 1 amide bonds. The number of nitrogens with zero attached hydrogens (tertiary/aromatic N) is 2. The highest BCUT2D eigenvalue weighted by molar-refractivity contribution is 7.13. The molecule has 0 aliphatic heterocycles. The molecular weight excluding hydrogens is 312 g/mol. The van der Waals surface area contributed by atoms with Crippen LogP contribution in [-0.2, 0) is 14.4 Å². The van der Waals surface area contributed by atoms with Crippen LogP contribution in [0.5, 0.6) is 0 Å². The van der Waals surface area contributed by atoms with Gasteiger partial charge >= 0.3 is 12.1 Å². The van der Waals surface area contributed by atoms with Gasteiger partial charge in [0, 0.05) is 5.38 Å². The third-order valence-electron chi connectivity index (χ3n) is 1.98. The summed E-state index contributed by atoms with van der Waals surface area (Å²) in [4.78, 5) is 31.1. The Morgan fingerprint density at radius 1 is 1.50 bits per heavy atom. The Morgan fingerprint density at radius 2 is 2.18 bits per heavy atom. The number of rotatable bonds is 6. The number of carbonyl (C=O) groups is 2. The molecule has 0 aromatic carbocycles. The minimum absolute atomic E-state index is 0.0182. The van der Waals surface area contributed by atoms with Crippen molar-refractivity contribution in [1.29, 1.82) is 0 Å². The summed E-state index contributed by atoms with van der Waals surface area (Å²) >= 11 is 1.10. The maximum atomic E-state index is 11.3. The number of hydrogen-bond donors (Lipinski definition) is 3. The van der Waals surface area contributed by atoms with E-state index in [1.165, 1.54) is 5.38 Å². The van der Waals surface area contributed by atoms with Crippen molar-refractivity contribution in [2.75, 3.05) is 18.9 Å². The van der Waals surface area contributed by atoms with E-state index in [9.17, 15) is 9.59 Å². The Labute approximate surface area is 131 Å². The van der Waals surface area contributed by atoms with Gasteiger partial charge in [-0.2, -0.15) is 0 Å². The van der Waals surface area contributed by atoms with E-state index in [1.54, 1.807) is 20.8 Å². The van der Waals surface area contributed by atoms with E-state index < -0.39 is 17.7 Å². The first kappa shape index (κ1) is 17.7. The molecule has 1 rings (SSSR count). The SMILES string of the molecule is CC(C)(C)OC(=O)NCCO/N=C(\C(=O)O)c1csc(N)n1. The summed E-state index contributed by atoms with van der Waals surface area (Å²) < 4.78 is 5.02. The molecule has 1 aromatic heterocycles. The molecule has 0 aliphatic rings. The number of thiazole rings is 1. The first-order valence-electron chi connectivity index (χ1n) is 6.30. The molecule has 22 heavy (non-hydrogen) atoms. The second kappa shape index (κ2) is 7.59. The maximum Gasteiger partial charge on any atom is 0.407 e. The predicted molar refractivity (Wildman–Crippen MR) is 80.9 cm³/mol. The average Bonchev–Trinajstić information content (AvgIpc) is 2.77. The number of hydrogen-bond acceptors (Lipinski definition) is 8. The minimum atomic E-state index is -1.29. The van der Waals surface area contributed by atoms with Crippen molar-refractivity contribution in [1.82, 2.24) is 10.3 Å². The quantitative estimate of drug-likeness (QED) is 0.403. The predicted octanol–water partition coefficient (Wildman–Crippen LogP) is 1.06. The summed E-state index contributed by atoms with van der Waals surface area (Å²) in [5.74, 6) is -1.29. The second-order valence-corrected chi connectivity index (χ2v) is 5.97. The van der Waals surface area contributed by atoms with Crippen LogP contribution in [-0.4, -0.2) is 46.6 Å². The summed E-state index contributed by atoms with van der Waals surface area (Å²) in [6, 6.07) is 0. The number of carboxylic acids is 1. The molecule has 0 aliphatic carbocycles. The Morgan fingerprint density at radius 3 is 2.68 bits per heavy atom. The van der Waals surface area contributed by atoms with Crippen molar-refractivity contribution in [3.8, 4) is 0 Å². The summed E-state index contributed by atoms with van der Waals surface area (Å²) in [6.07, 6.45) is -0.592. The van der Waals surface area contributed by atoms with Gasteiger partial charge in [-0.15, -0.1) is 11.3 Å². The van der Waals surface area contributed by atoms with Crippen LogP contribution in [0.25, 0.3) is 0 Å². The highest BCUT2D eigenvalue weighted by atomic mass is 32.1. The molecule has 0 saturated carbocycles. The lowest BCUT2D eigenvalue weighted by Gasteiger charge is -2.19. The number of anilines is 1. The number of ether oxygens (including phenoxy) is 1. The van der Waals surface area contributed by atoms with E-state index in [0.29, 0.717) is 0 Å². The molecule has 122 valence electrons. The Bertz CT molecular complexity index is 564. The molecule has 0 fully saturated rings. The molecular formula is C12H18N4O5S. The first-order chi connectivity index (χ1) is 10.2. The molecule has 0 saturated heterocycles. The molecule has 1 aromatic rings. The van der Waals surface area contributed by atoms with Crippen molar-refractivity contribution in [2.24, 2.45) is 5.16 Å². The Hall–Kier alpha value is -2.36. The molecule has 0 radical (unpaired) electrons. The maximum absolute atomic E-state index is 11.3. The van der Waals surface area contributed by atoms with Gasteiger partial charge in [-0.3, -0.25) is 0 Å². The van der Waals surface area contributed by atoms with Crippen molar-refractivity contribution < 1.29 is 24.3 Å². The van der Waals surface area contributed by atoms with Crippen LogP contribution < -0.4 is 11.1 Å². The fraction of sp³-hybridized carbons (Fsp3) is 0.500. The first-order valence-corrected chi connectivity index (χ1v) is 7.18. The number of nitrogen functional groups attached to an aromatic ring is 1. The molecule has 0 atom stereocenters. The van der Waals surface area contributed by atoms with E-state index in [0.717, 1.165) is 11.3 Å². The smallest absolute Gasteiger partial charge is 0.407 e. The number of nitrogens with two attached hydrogens (primary N) is 1. The fourth-order valence-corrected chi connectivity index (χ4v) is 1.76. The van der Waals surface area contributed by atoms with Gasteiger partial charge in [-0.25, -0.2) is 14.6 Å². The van der Waals surface area contributed by atoms with Crippen molar-refractivity contribution in [2.45, 2.75) is 26.4 Å². The van der Waals surface area contributed by atoms with E-state index in [2.05, 4.69) is 15.5 Å². The monoisotopic (exact) mass is 330 g/mol. The molecule has 0 bridgehead atoms. The Balaban J connectivity index is 2.43. The number of nitrogens with one attached hydrogen (secondary N) is 1. The van der Waals surface area contributed by atoms with Gasteiger partial charge in [0.2, 0.25) is 5.71 Å². The van der Waals surface area contributed by atoms with E-state index in [1.807, 2.05) is 0 Å². The number of alkyl carbamates (subject to hydrolysis) is 1. The number of carbonyl (C=O) groups excluding carboxylic acids is 1. The molecule has 9 nitrogen and oxygen atoms in total. The van der Waals surface area contributed by atoms with Crippen LogP contribution in [0.15, 0.2) is 10.5 Å². The fourth-order valence-electron chi connectivity index (χ4n) is 1.21. The molecule has 4 N–H and O–H groups in total. The van der Waals surface area contributed by atoms with Crippen LogP contribution >= 0.6 is 11.3 Å². The zero-order valence-corrected chi connectivity index (χ0v) is 13.3. The van der Waals surface area contributed by atoms with Gasteiger partial charge in [-0.05, 0) is 20.8 Å². The number of oxime groups is 1. The summed E-state index contributed by atoms with van der Waals surface area (Å²) in [5.41, 5.74) is 4.60. The van der Waals surface area contributed by atoms with Crippen molar-refractivity contribution in [3.63, 3.8) is 0 Å². The zero-order chi connectivity index (χ0) is 16.8. The number of aliphatic carboxylic acids is 1. The molecule has 0 spiro atoms. The summed E-state index contributed by atoms with van der Waals surface area (Å²) in [5, 5.41) is 16.7. The van der Waals surface area contributed by atoms with Crippen molar-refractivity contribution >= 4 is 34.2 Å². The van der Waals surface area contributed by atoms with E-state index in [-0.39, 0.29) is 29.7 Å². The van der Waals surface area contributed by atoms with Crippen LogP contribution in [0, 0.1) is 0 Å².